The van der Waals surface area contributed by atoms with Crippen molar-refractivity contribution in [3.05, 3.63) is 54.0 Å². The van der Waals surface area contributed by atoms with Crippen LogP contribution in [0.1, 0.15) is 24.1 Å². The van der Waals surface area contributed by atoms with Crippen molar-refractivity contribution in [2.24, 2.45) is 0 Å². The number of nitrogens with one attached hydrogen (secondary N) is 1. The molecule has 0 spiro atoms. The van der Waals surface area contributed by atoms with Crippen molar-refractivity contribution < 1.29 is 8.42 Å². The van der Waals surface area contributed by atoms with Crippen LogP contribution in [-0.2, 0) is 15.8 Å². The molecular formula is C17H19N5O2S. The van der Waals surface area contributed by atoms with Crippen molar-refractivity contribution in [3.8, 4) is 6.07 Å². The molecule has 1 aliphatic heterocycles. The van der Waals surface area contributed by atoms with Crippen LogP contribution in [0.15, 0.2) is 42.7 Å². The van der Waals surface area contributed by atoms with Crippen LogP contribution in [0.5, 0.6) is 0 Å². The first kappa shape index (κ1) is 17.3. The zero-order chi connectivity index (χ0) is 17.7. The first-order valence-corrected chi connectivity index (χ1v) is 9.69. The Morgan fingerprint density at radius 3 is 2.52 bits per heavy atom. The van der Waals surface area contributed by atoms with E-state index in [2.05, 4.69) is 15.3 Å². The maximum absolute atomic E-state index is 12.6. The highest BCUT2D eigenvalue weighted by Gasteiger charge is 2.28. The Balaban J connectivity index is 1.59. The molecule has 130 valence electrons. The smallest absolute Gasteiger partial charge is 0.218 e. The molecule has 2 aromatic rings. The van der Waals surface area contributed by atoms with Gasteiger partial charge in [-0.25, -0.2) is 22.7 Å². The molecule has 1 aromatic heterocycles. The number of hydrogen-bond acceptors (Lipinski definition) is 6. The van der Waals surface area contributed by atoms with E-state index in [4.69, 9.17) is 5.26 Å². The maximum atomic E-state index is 12.6. The summed E-state index contributed by atoms with van der Waals surface area (Å²) < 4.78 is 26.7. The Morgan fingerprint density at radius 2 is 1.84 bits per heavy atom. The van der Waals surface area contributed by atoms with E-state index >= 15 is 0 Å². The van der Waals surface area contributed by atoms with E-state index in [1.807, 2.05) is 36.4 Å². The minimum absolute atomic E-state index is 0.0225. The third kappa shape index (κ3) is 4.32. The Hall–Kier alpha value is -2.50. The van der Waals surface area contributed by atoms with Gasteiger partial charge in [-0.3, -0.25) is 0 Å². The van der Waals surface area contributed by atoms with Gasteiger partial charge in [-0.1, -0.05) is 30.3 Å². The molecule has 1 aliphatic rings. The predicted octanol–water partition coefficient (Wildman–Crippen LogP) is 1.75. The second-order valence-electron chi connectivity index (χ2n) is 5.92. The number of aromatic nitrogens is 2. The number of rotatable bonds is 5. The van der Waals surface area contributed by atoms with E-state index in [-0.39, 0.29) is 17.5 Å². The minimum Gasteiger partial charge on any atom is -0.365 e. The topological polar surface area (TPSA) is 99.0 Å². The molecule has 7 nitrogen and oxygen atoms in total. The van der Waals surface area contributed by atoms with Crippen LogP contribution in [0.4, 0.5) is 5.82 Å². The van der Waals surface area contributed by atoms with E-state index in [1.54, 1.807) is 4.31 Å². The lowest BCUT2D eigenvalue weighted by atomic mass is 10.1. The molecule has 1 N–H and O–H groups in total. The molecule has 8 heteroatoms. The molecule has 1 aromatic carbocycles. The molecule has 2 heterocycles. The van der Waals surface area contributed by atoms with E-state index < -0.39 is 10.0 Å². The molecule has 3 rings (SSSR count). The van der Waals surface area contributed by atoms with Gasteiger partial charge >= 0.3 is 0 Å². The fourth-order valence-corrected chi connectivity index (χ4v) is 4.44. The van der Waals surface area contributed by atoms with Gasteiger partial charge in [0.2, 0.25) is 10.0 Å². The molecule has 0 atom stereocenters. The van der Waals surface area contributed by atoms with Gasteiger partial charge in [0.05, 0.1) is 5.75 Å². The van der Waals surface area contributed by atoms with E-state index in [1.165, 1.54) is 12.4 Å². The van der Waals surface area contributed by atoms with Crippen LogP contribution in [-0.4, -0.2) is 41.8 Å². The molecule has 0 radical (unpaired) electrons. The molecule has 0 aliphatic carbocycles. The minimum atomic E-state index is -3.32. The quantitative estimate of drug-likeness (QED) is 0.875. The summed E-state index contributed by atoms with van der Waals surface area (Å²) >= 11 is 0. The van der Waals surface area contributed by atoms with Gasteiger partial charge in [-0.2, -0.15) is 5.26 Å². The van der Waals surface area contributed by atoms with Gasteiger partial charge in [0.15, 0.2) is 11.5 Å². The summed E-state index contributed by atoms with van der Waals surface area (Å²) in [4.78, 5) is 8.11. The molecule has 25 heavy (non-hydrogen) atoms. The average molecular weight is 357 g/mol. The first-order chi connectivity index (χ1) is 12.1. The number of nitrogens with zero attached hydrogens (tertiary/aromatic N) is 4. The average Bonchev–Trinajstić information content (AvgIpc) is 2.63. The summed E-state index contributed by atoms with van der Waals surface area (Å²) in [5.41, 5.74) is 1.04. The van der Waals surface area contributed by atoms with Gasteiger partial charge in [0.25, 0.3) is 0 Å². The molecule has 0 bridgehead atoms. The highest BCUT2D eigenvalue weighted by molar-refractivity contribution is 7.88. The molecule has 0 unspecified atom stereocenters. The van der Waals surface area contributed by atoms with E-state index in [0.29, 0.717) is 31.7 Å². The lowest BCUT2D eigenvalue weighted by molar-refractivity contribution is 0.329. The summed E-state index contributed by atoms with van der Waals surface area (Å²) in [5.74, 6) is 0.477. The number of anilines is 1. The Labute approximate surface area is 147 Å². The van der Waals surface area contributed by atoms with E-state index in [0.717, 1.165) is 5.56 Å². The number of hydrogen-bond donors (Lipinski definition) is 1. The summed E-state index contributed by atoms with van der Waals surface area (Å²) in [5, 5.41) is 12.3. The van der Waals surface area contributed by atoms with Crippen LogP contribution in [0.25, 0.3) is 0 Å². The summed E-state index contributed by atoms with van der Waals surface area (Å²) in [6.07, 6.45) is 4.33. The Morgan fingerprint density at radius 1 is 1.16 bits per heavy atom. The molecular weight excluding hydrogens is 338 g/mol. The summed E-state index contributed by atoms with van der Waals surface area (Å²) in [7, 11) is -3.32. The third-order valence-corrected chi connectivity index (χ3v) is 6.03. The SMILES string of the molecule is N#Cc1nccnc1NC1CCN(S(=O)(=O)Cc2ccccc2)CC1. The lowest BCUT2D eigenvalue weighted by Gasteiger charge is -2.32. The molecule has 0 amide bonds. The predicted molar refractivity (Wildman–Crippen MR) is 94.0 cm³/mol. The van der Waals surface area contributed by atoms with Gasteiger partial charge in [-0.05, 0) is 18.4 Å². The zero-order valence-electron chi connectivity index (χ0n) is 13.7. The van der Waals surface area contributed by atoms with Crippen LogP contribution in [0.2, 0.25) is 0 Å². The second-order valence-corrected chi connectivity index (χ2v) is 7.89. The van der Waals surface area contributed by atoms with Crippen molar-refractivity contribution >= 4 is 15.8 Å². The second kappa shape index (κ2) is 7.59. The fraction of sp³-hybridized carbons (Fsp3) is 0.353. The lowest BCUT2D eigenvalue weighted by Crippen LogP contribution is -2.43. The Bertz CT molecular complexity index is 856. The van der Waals surface area contributed by atoms with Crippen LogP contribution in [0, 0.1) is 11.3 Å². The Kier molecular flexibility index (Phi) is 5.26. The van der Waals surface area contributed by atoms with Crippen LogP contribution < -0.4 is 5.32 Å². The maximum Gasteiger partial charge on any atom is 0.218 e. The highest BCUT2D eigenvalue weighted by atomic mass is 32.2. The third-order valence-electron chi connectivity index (χ3n) is 4.18. The van der Waals surface area contributed by atoms with Gasteiger partial charge < -0.3 is 5.32 Å². The largest absolute Gasteiger partial charge is 0.365 e. The zero-order valence-corrected chi connectivity index (χ0v) is 14.5. The number of sulfonamides is 1. The van der Waals surface area contributed by atoms with Crippen molar-refractivity contribution in [1.29, 1.82) is 5.26 Å². The van der Waals surface area contributed by atoms with Crippen LogP contribution in [0.3, 0.4) is 0 Å². The van der Waals surface area contributed by atoms with Crippen molar-refractivity contribution in [2.75, 3.05) is 18.4 Å². The number of piperidine rings is 1. The normalized spacial score (nSPS) is 16.3. The van der Waals surface area contributed by atoms with Gasteiger partial charge in [0.1, 0.15) is 6.07 Å². The van der Waals surface area contributed by atoms with Gasteiger partial charge in [0, 0.05) is 31.5 Å². The van der Waals surface area contributed by atoms with Crippen LogP contribution >= 0.6 is 0 Å². The van der Waals surface area contributed by atoms with Crippen molar-refractivity contribution in [1.82, 2.24) is 14.3 Å². The van der Waals surface area contributed by atoms with Crippen molar-refractivity contribution in [3.63, 3.8) is 0 Å². The number of benzene rings is 1. The van der Waals surface area contributed by atoms with E-state index in [9.17, 15) is 8.42 Å². The van der Waals surface area contributed by atoms with Gasteiger partial charge in [-0.15, -0.1) is 0 Å². The number of nitriles is 1. The summed E-state index contributed by atoms with van der Waals surface area (Å²) in [6.45, 7) is 0.907. The standard InChI is InChI=1S/C17H19N5O2S/c18-12-16-17(20-9-8-19-16)21-15-6-10-22(11-7-15)25(23,24)13-14-4-2-1-3-5-14/h1-5,8-9,15H,6-7,10-11,13H2,(H,20,21). The highest BCUT2D eigenvalue weighted by Crippen LogP contribution is 2.20. The first-order valence-electron chi connectivity index (χ1n) is 8.08. The fourth-order valence-electron chi connectivity index (χ4n) is 2.87. The molecule has 0 saturated carbocycles. The molecule has 1 saturated heterocycles. The summed E-state index contributed by atoms with van der Waals surface area (Å²) in [6, 6.07) is 11.3. The molecule has 1 fully saturated rings. The monoisotopic (exact) mass is 357 g/mol. The van der Waals surface area contributed by atoms with Crippen molar-refractivity contribution in [2.45, 2.75) is 24.6 Å².